The molecule has 1 heterocycles. The monoisotopic (exact) mass is 440 g/mol. The van der Waals surface area contributed by atoms with Crippen LogP contribution in [0.4, 0.5) is 10.5 Å². The standard InChI is InChI=1S/C22H20N2O6S/c1-3-29-18-11-15(9-10-17(18)30-14(2)25)12-19-21(27)24(22(28)31-19)13-20(26)23-16-7-5-4-6-8-16/h4-12H,3,13H2,1-2H3,(H,23,26)/b19-12-. The van der Waals surface area contributed by atoms with Crippen molar-refractivity contribution in [2.75, 3.05) is 18.5 Å². The SMILES string of the molecule is CCOc1cc(/C=C2\SC(=O)N(CC(=O)Nc3ccccc3)C2=O)ccc1OC(C)=O. The van der Waals surface area contributed by atoms with Gasteiger partial charge in [0.2, 0.25) is 5.91 Å². The smallest absolute Gasteiger partial charge is 0.308 e. The largest absolute Gasteiger partial charge is 0.490 e. The Kier molecular flexibility index (Phi) is 7.09. The van der Waals surface area contributed by atoms with Crippen molar-refractivity contribution in [1.29, 1.82) is 0 Å². The molecule has 8 nitrogen and oxygen atoms in total. The number of esters is 1. The molecular formula is C22H20N2O6S. The summed E-state index contributed by atoms with van der Waals surface area (Å²) in [5, 5.41) is 2.12. The van der Waals surface area contributed by atoms with Gasteiger partial charge in [-0.2, -0.15) is 0 Å². The van der Waals surface area contributed by atoms with Crippen LogP contribution < -0.4 is 14.8 Å². The minimum atomic E-state index is -0.555. The molecule has 1 saturated heterocycles. The van der Waals surface area contributed by atoms with Crippen molar-refractivity contribution in [3.63, 3.8) is 0 Å². The first kappa shape index (κ1) is 22.1. The second kappa shape index (κ2) is 9.94. The van der Waals surface area contributed by atoms with Gasteiger partial charge < -0.3 is 14.8 Å². The number of amides is 3. The number of anilines is 1. The van der Waals surface area contributed by atoms with Gasteiger partial charge >= 0.3 is 5.97 Å². The van der Waals surface area contributed by atoms with E-state index in [1.807, 2.05) is 6.07 Å². The molecule has 9 heteroatoms. The minimum absolute atomic E-state index is 0.181. The van der Waals surface area contributed by atoms with Crippen molar-refractivity contribution < 1.29 is 28.7 Å². The third-order valence-electron chi connectivity index (χ3n) is 4.05. The second-order valence-corrected chi connectivity index (χ2v) is 7.41. The van der Waals surface area contributed by atoms with Crippen LogP contribution in [0.25, 0.3) is 6.08 Å². The summed E-state index contributed by atoms with van der Waals surface area (Å²) in [4.78, 5) is 49.5. The van der Waals surface area contributed by atoms with E-state index in [-0.39, 0.29) is 17.2 Å². The third kappa shape index (κ3) is 5.73. The van der Waals surface area contributed by atoms with E-state index >= 15 is 0 Å². The number of hydrogen-bond acceptors (Lipinski definition) is 7. The van der Waals surface area contributed by atoms with Crippen LogP contribution in [0.3, 0.4) is 0 Å². The number of nitrogens with zero attached hydrogens (tertiary/aromatic N) is 1. The predicted molar refractivity (Wildman–Crippen MR) is 117 cm³/mol. The Morgan fingerprint density at radius 3 is 2.52 bits per heavy atom. The zero-order valence-corrected chi connectivity index (χ0v) is 17.7. The molecule has 31 heavy (non-hydrogen) atoms. The number of nitrogens with one attached hydrogen (secondary N) is 1. The summed E-state index contributed by atoms with van der Waals surface area (Å²) >= 11 is 0.751. The van der Waals surface area contributed by atoms with E-state index < -0.39 is 23.0 Å². The lowest BCUT2D eigenvalue weighted by Gasteiger charge is -2.12. The van der Waals surface area contributed by atoms with Crippen molar-refractivity contribution in [1.82, 2.24) is 4.90 Å². The quantitative estimate of drug-likeness (QED) is 0.398. The van der Waals surface area contributed by atoms with Crippen molar-refractivity contribution in [2.45, 2.75) is 13.8 Å². The average Bonchev–Trinajstić information content (AvgIpc) is 2.98. The van der Waals surface area contributed by atoms with Crippen molar-refractivity contribution in [2.24, 2.45) is 0 Å². The first-order valence-electron chi connectivity index (χ1n) is 9.43. The molecule has 160 valence electrons. The number of carbonyl (C=O) groups excluding carboxylic acids is 4. The third-order valence-corrected chi connectivity index (χ3v) is 4.96. The van der Waals surface area contributed by atoms with Gasteiger partial charge in [-0.25, -0.2) is 0 Å². The lowest BCUT2D eigenvalue weighted by Crippen LogP contribution is -2.36. The van der Waals surface area contributed by atoms with Gasteiger partial charge in [0.15, 0.2) is 11.5 Å². The molecule has 0 spiro atoms. The van der Waals surface area contributed by atoms with E-state index in [0.29, 0.717) is 23.6 Å². The van der Waals surface area contributed by atoms with E-state index in [0.717, 1.165) is 16.7 Å². The van der Waals surface area contributed by atoms with Crippen LogP contribution in [0.15, 0.2) is 53.4 Å². The Morgan fingerprint density at radius 2 is 1.84 bits per heavy atom. The van der Waals surface area contributed by atoms with Crippen LogP contribution in [-0.4, -0.2) is 41.1 Å². The van der Waals surface area contributed by atoms with Gasteiger partial charge in [0.1, 0.15) is 6.54 Å². The van der Waals surface area contributed by atoms with Crippen LogP contribution in [0.5, 0.6) is 11.5 Å². The van der Waals surface area contributed by atoms with Crippen molar-refractivity contribution in [3.8, 4) is 11.5 Å². The molecule has 1 N–H and O–H groups in total. The highest BCUT2D eigenvalue weighted by Gasteiger charge is 2.36. The summed E-state index contributed by atoms with van der Waals surface area (Å²) in [6, 6.07) is 13.6. The lowest BCUT2D eigenvalue weighted by atomic mass is 10.2. The van der Waals surface area contributed by atoms with E-state index in [9.17, 15) is 19.2 Å². The van der Waals surface area contributed by atoms with Crippen LogP contribution in [0.2, 0.25) is 0 Å². The number of para-hydroxylation sites is 1. The van der Waals surface area contributed by atoms with Crippen LogP contribution in [0, 0.1) is 0 Å². The number of thioether (sulfide) groups is 1. The van der Waals surface area contributed by atoms with Crippen LogP contribution in [-0.2, 0) is 14.4 Å². The molecular weight excluding hydrogens is 420 g/mol. The summed E-state index contributed by atoms with van der Waals surface area (Å²) in [7, 11) is 0. The van der Waals surface area contributed by atoms with Crippen LogP contribution in [0.1, 0.15) is 19.4 Å². The maximum Gasteiger partial charge on any atom is 0.308 e. The Hall–Kier alpha value is -3.59. The van der Waals surface area contributed by atoms with E-state index in [1.54, 1.807) is 49.4 Å². The zero-order valence-electron chi connectivity index (χ0n) is 16.9. The maximum atomic E-state index is 12.7. The maximum absolute atomic E-state index is 12.7. The van der Waals surface area contributed by atoms with Crippen LogP contribution >= 0.6 is 11.8 Å². The number of ether oxygens (including phenoxy) is 2. The van der Waals surface area contributed by atoms with Gasteiger partial charge in [0.25, 0.3) is 11.1 Å². The molecule has 0 aliphatic carbocycles. The second-order valence-electron chi connectivity index (χ2n) is 6.41. The van der Waals surface area contributed by atoms with Gasteiger partial charge in [-0.05, 0) is 54.6 Å². The van der Waals surface area contributed by atoms with E-state index in [2.05, 4.69) is 5.32 Å². The van der Waals surface area contributed by atoms with Gasteiger partial charge in [0, 0.05) is 12.6 Å². The molecule has 0 unspecified atom stereocenters. The summed E-state index contributed by atoms with van der Waals surface area (Å²) in [5.74, 6) is -0.909. The highest BCUT2D eigenvalue weighted by Crippen LogP contribution is 2.34. The van der Waals surface area contributed by atoms with Gasteiger partial charge in [-0.15, -0.1) is 0 Å². The topological polar surface area (TPSA) is 102 Å². The summed E-state index contributed by atoms with van der Waals surface area (Å²) in [5.41, 5.74) is 1.16. The van der Waals surface area contributed by atoms with E-state index in [1.165, 1.54) is 13.0 Å². The molecule has 3 rings (SSSR count). The molecule has 2 aromatic rings. The number of benzene rings is 2. The fourth-order valence-electron chi connectivity index (χ4n) is 2.78. The molecule has 0 aromatic heterocycles. The first-order valence-corrected chi connectivity index (χ1v) is 10.2. The predicted octanol–water partition coefficient (Wildman–Crippen LogP) is 3.69. The summed E-state index contributed by atoms with van der Waals surface area (Å²) in [6.45, 7) is 3.04. The fraction of sp³-hybridized carbons (Fsp3) is 0.182. The van der Waals surface area contributed by atoms with Gasteiger partial charge in [0.05, 0.1) is 11.5 Å². The number of carbonyl (C=O) groups is 4. The number of imide groups is 1. The fourth-order valence-corrected chi connectivity index (χ4v) is 3.61. The minimum Gasteiger partial charge on any atom is -0.490 e. The molecule has 0 atom stereocenters. The molecule has 2 aromatic carbocycles. The first-order chi connectivity index (χ1) is 14.9. The molecule has 0 bridgehead atoms. The molecule has 3 amide bonds. The molecule has 1 aliphatic heterocycles. The molecule has 0 radical (unpaired) electrons. The van der Waals surface area contributed by atoms with Gasteiger partial charge in [-0.1, -0.05) is 24.3 Å². The number of hydrogen-bond donors (Lipinski definition) is 1. The van der Waals surface area contributed by atoms with Gasteiger partial charge in [-0.3, -0.25) is 24.1 Å². The average molecular weight is 440 g/mol. The Bertz CT molecular complexity index is 1050. The Labute approximate surface area is 183 Å². The highest BCUT2D eigenvalue weighted by molar-refractivity contribution is 8.18. The lowest BCUT2D eigenvalue weighted by molar-refractivity contribution is -0.132. The number of rotatable bonds is 7. The summed E-state index contributed by atoms with van der Waals surface area (Å²) < 4.78 is 10.6. The summed E-state index contributed by atoms with van der Waals surface area (Å²) in [6.07, 6.45) is 1.53. The molecule has 1 fully saturated rings. The Balaban J connectivity index is 1.74. The normalized spacial score (nSPS) is 14.6. The molecule has 0 saturated carbocycles. The van der Waals surface area contributed by atoms with E-state index in [4.69, 9.17) is 9.47 Å². The van der Waals surface area contributed by atoms with Crippen molar-refractivity contribution in [3.05, 3.63) is 59.0 Å². The molecule has 1 aliphatic rings. The highest BCUT2D eigenvalue weighted by atomic mass is 32.2. The zero-order chi connectivity index (χ0) is 22.4. The van der Waals surface area contributed by atoms with Crippen molar-refractivity contribution >= 4 is 46.5 Å². The Morgan fingerprint density at radius 1 is 1.10 bits per heavy atom.